The number of halogens is 1. The summed E-state index contributed by atoms with van der Waals surface area (Å²) in [5, 5.41) is 6.19. The lowest BCUT2D eigenvalue weighted by atomic mass is 10.00. The third kappa shape index (κ3) is 7.29. The number of hydrogen-bond donors (Lipinski definition) is 2. The van der Waals surface area contributed by atoms with Crippen molar-refractivity contribution in [2.75, 3.05) is 39.8 Å². The summed E-state index contributed by atoms with van der Waals surface area (Å²) in [5.74, 6) is 0.899. The zero-order chi connectivity index (χ0) is 18.9. The van der Waals surface area contributed by atoms with E-state index >= 15 is 0 Å². The van der Waals surface area contributed by atoms with Gasteiger partial charge in [0, 0.05) is 33.1 Å². The molecule has 1 amide bonds. The molecular formula is C20H33IN4O2. The predicted molar refractivity (Wildman–Crippen MR) is 121 cm³/mol. The van der Waals surface area contributed by atoms with Crippen LogP contribution in [0.2, 0.25) is 0 Å². The van der Waals surface area contributed by atoms with Crippen LogP contribution in [-0.4, -0.2) is 56.6 Å². The summed E-state index contributed by atoms with van der Waals surface area (Å²) < 4.78 is 6.01. The van der Waals surface area contributed by atoms with E-state index in [9.17, 15) is 4.79 Å². The Kier molecular flexibility index (Phi) is 10.7. The Morgan fingerprint density at radius 3 is 2.74 bits per heavy atom. The van der Waals surface area contributed by atoms with Crippen molar-refractivity contribution in [3.8, 4) is 0 Å². The highest BCUT2D eigenvalue weighted by atomic mass is 127. The molecule has 1 fully saturated rings. The molecule has 2 N–H and O–H groups in total. The Labute approximate surface area is 180 Å². The molecular weight excluding hydrogens is 455 g/mol. The Hall–Kier alpha value is -1.35. The normalized spacial score (nSPS) is 17.3. The maximum atomic E-state index is 11.7. The van der Waals surface area contributed by atoms with Gasteiger partial charge < -0.3 is 20.3 Å². The van der Waals surface area contributed by atoms with Crippen LogP contribution in [0, 0.1) is 13.8 Å². The number of nitrogens with one attached hydrogen (secondary N) is 2. The first-order valence-corrected chi connectivity index (χ1v) is 9.46. The van der Waals surface area contributed by atoms with Crippen LogP contribution in [-0.2, 0) is 9.53 Å². The number of guanidine groups is 1. The van der Waals surface area contributed by atoms with Crippen molar-refractivity contribution in [3.63, 3.8) is 0 Å². The lowest BCUT2D eigenvalue weighted by molar-refractivity contribution is -0.120. The Balaban J connectivity index is 0.00000364. The van der Waals surface area contributed by atoms with Crippen molar-refractivity contribution >= 4 is 35.8 Å². The molecule has 1 saturated heterocycles. The van der Waals surface area contributed by atoms with Gasteiger partial charge in [0.1, 0.15) is 6.10 Å². The van der Waals surface area contributed by atoms with Crippen molar-refractivity contribution in [2.24, 2.45) is 4.99 Å². The number of hydrogen-bond acceptors (Lipinski definition) is 3. The van der Waals surface area contributed by atoms with Gasteiger partial charge in [0.2, 0.25) is 5.91 Å². The maximum absolute atomic E-state index is 11.7. The van der Waals surface area contributed by atoms with Crippen LogP contribution in [0.1, 0.15) is 42.6 Å². The van der Waals surface area contributed by atoms with Crippen LogP contribution in [0.5, 0.6) is 0 Å². The van der Waals surface area contributed by atoms with Gasteiger partial charge in [0.15, 0.2) is 5.96 Å². The summed E-state index contributed by atoms with van der Waals surface area (Å²) in [5.41, 5.74) is 3.75. The summed E-state index contributed by atoms with van der Waals surface area (Å²) in [6, 6.07) is 6.49. The van der Waals surface area contributed by atoms with Crippen molar-refractivity contribution in [2.45, 2.75) is 39.7 Å². The van der Waals surface area contributed by atoms with E-state index in [0.717, 1.165) is 32.0 Å². The van der Waals surface area contributed by atoms with Gasteiger partial charge in [-0.1, -0.05) is 30.7 Å². The molecule has 7 heteroatoms. The Morgan fingerprint density at radius 1 is 1.30 bits per heavy atom. The zero-order valence-electron chi connectivity index (χ0n) is 16.9. The van der Waals surface area contributed by atoms with Crippen molar-refractivity contribution in [1.82, 2.24) is 15.5 Å². The van der Waals surface area contributed by atoms with Crippen LogP contribution in [0.4, 0.5) is 0 Å². The summed E-state index contributed by atoms with van der Waals surface area (Å²) in [6.45, 7) is 9.80. The Morgan fingerprint density at radius 2 is 2.07 bits per heavy atom. The van der Waals surface area contributed by atoms with E-state index in [4.69, 9.17) is 4.74 Å². The van der Waals surface area contributed by atoms with Gasteiger partial charge in [-0.25, -0.2) is 0 Å². The van der Waals surface area contributed by atoms with Crippen LogP contribution < -0.4 is 10.6 Å². The minimum atomic E-state index is 0. The van der Waals surface area contributed by atoms with Crippen LogP contribution in [0.15, 0.2) is 23.2 Å². The van der Waals surface area contributed by atoms with E-state index in [1.165, 1.54) is 16.7 Å². The number of rotatable bonds is 6. The van der Waals surface area contributed by atoms with E-state index in [-0.39, 0.29) is 36.0 Å². The highest BCUT2D eigenvalue weighted by Crippen LogP contribution is 2.25. The molecule has 1 aliphatic heterocycles. The maximum Gasteiger partial charge on any atom is 0.221 e. The molecule has 27 heavy (non-hydrogen) atoms. The van der Waals surface area contributed by atoms with Gasteiger partial charge in [0.25, 0.3) is 0 Å². The number of carbonyl (C=O) groups is 1. The number of benzene rings is 1. The molecule has 152 valence electrons. The monoisotopic (exact) mass is 488 g/mol. The first-order valence-electron chi connectivity index (χ1n) is 9.46. The first-order chi connectivity index (χ1) is 12.5. The number of morpholine rings is 1. The predicted octanol–water partition coefficient (Wildman–Crippen LogP) is 2.79. The van der Waals surface area contributed by atoms with E-state index in [0.29, 0.717) is 19.6 Å². The number of aliphatic imine (C=N–C) groups is 1. The van der Waals surface area contributed by atoms with E-state index in [2.05, 4.69) is 52.6 Å². The quantitative estimate of drug-likeness (QED) is 0.367. The average Bonchev–Trinajstić information content (AvgIpc) is 2.63. The van der Waals surface area contributed by atoms with Crippen molar-refractivity contribution in [1.29, 1.82) is 0 Å². The van der Waals surface area contributed by atoms with E-state index in [1.54, 1.807) is 7.05 Å². The smallest absolute Gasteiger partial charge is 0.221 e. The van der Waals surface area contributed by atoms with Crippen LogP contribution >= 0.6 is 24.0 Å². The first kappa shape index (κ1) is 23.7. The van der Waals surface area contributed by atoms with Gasteiger partial charge >= 0.3 is 0 Å². The van der Waals surface area contributed by atoms with Gasteiger partial charge in [0.05, 0.1) is 13.2 Å². The molecule has 0 spiro atoms. The summed E-state index contributed by atoms with van der Waals surface area (Å²) in [6.07, 6.45) is 1.44. The molecule has 1 aromatic rings. The topological polar surface area (TPSA) is 66.0 Å². The number of nitrogens with zero attached hydrogens (tertiary/aromatic N) is 2. The number of ether oxygens (including phenoxy) is 1. The SMILES string of the molecule is CCCNC(=O)CCNC(=NC)N1CCOC(c2ccc(C)cc2C)C1.I. The fraction of sp³-hybridized carbons (Fsp3) is 0.600. The third-order valence-corrected chi connectivity index (χ3v) is 4.56. The lowest BCUT2D eigenvalue weighted by Gasteiger charge is -2.35. The molecule has 0 radical (unpaired) electrons. The molecule has 6 nitrogen and oxygen atoms in total. The summed E-state index contributed by atoms with van der Waals surface area (Å²) in [4.78, 5) is 18.3. The molecule has 0 aliphatic carbocycles. The van der Waals surface area contributed by atoms with Crippen LogP contribution in [0.25, 0.3) is 0 Å². The largest absolute Gasteiger partial charge is 0.370 e. The number of carbonyl (C=O) groups excluding carboxylic acids is 1. The fourth-order valence-corrected chi connectivity index (χ4v) is 3.19. The molecule has 1 unspecified atom stereocenters. The van der Waals surface area contributed by atoms with Gasteiger partial charge in [-0.3, -0.25) is 9.79 Å². The zero-order valence-corrected chi connectivity index (χ0v) is 19.2. The number of aryl methyl sites for hydroxylation is 2. The molecule has 0 bridgehead atoms. The van der Waals surface area contributed by atoms with Crippen LogP contribution in [0.3, 0.4) is 0 Å². The van der Waals surface area contributed by atoms with Gasteiger partial charge in [-0.15, -0.1) is 24.0 Å². The standard InChI is InChI=1S/C20H32N4O2.HI/c1-5-9-22-19(25)8-10-23-20(21-4)24-11-12-26-18(14-24)17-7-6-15(2)13-16(17)3;/h6-7,13,18H,5,8-12,14H2,1-4H3,(H,21,23)(H,22,25);1H. The van der Waals surface area contributed by atoms with Gasteiger partial charge in [-0.05, 0) is 31.4 Å². The second-order valence-corrected chi connectivity index (χ2v) is 6.74. The third-order valence-electron chi connectivity index (χ3n) is 4.56. The highest BCUT2D eigenvalue weighted by molar-refractivity contribution is 14.0. The van der Waals surface area contributed by atoms with Crippen molar-refractivity contribution < 1.29 is 9.53 Å². The molecule has 2 rings (SSSR count). The highest BCUT2D eigenvalue weighted by Gasteiger charge is 2.25. The molecule has 1 aliphatic rings. The van der Waals surface area contributed by atoms with Crippen molar-refractivity contribution in [3.05, 3.63) is 34.9 Å². The minimum Gasteiger partial charge on any atom is -0.370 e. The second kappa shape index (κ2) is 12.2. The molecule has 1 aromatic carbocycles. The summed E-state index contributed by atoms with van der Waals surface area (Å²) >= 11 is 0. The summed E-state index contributed by atoms with van der Waals surface area (Å²) in [7, 11) is 1.78. The minimum absolute atomic E-state index is 0. The Bertz CT molecular complexity index is 636. The van der Waals surface area contributed by atoms with E-state index < -0.39 is 0 Å². The fourth-order valence-electron chi connectivity index (χ4n) is 3.19. The molecule has 0 saturated carbocycles. The second-order valence-electron chi connectivity index (χ2n) is 6.74. The average molecular weight is 488 g/mol. The number of amides is 1. The van der Waals surface area contributed by atoms with Gasteiger partial charge in [-0.2, -0.15) is 0 Å². The van der Waals surface area contributed by atoms with E-state index in [1.807, 2.05) is 6.92 Å². The molecule has 1 atom stereocenters. The molecule has 0 aromatic heterocycles. The molecule has 1 heterocycles. The lowest BCUT2D eigenvalue weighted by Crippen LogP contribution is -2.48.